The van der Waals surface area contributed by atoms with Crippen LogP contribution in [0.5, 0.6) is 0 Å². The number of benzene rings is 14. The standard InChI is InChI=1S/C96H79BN4/c1-94(2,3)68-54-76(63-33-17-11-18-34-63)92(77(55-68)64-35-19-12-20-36-64)100-87-60-71(98-83-44-28-25-41-73(83)74-42-26-29-45-84(74)98)48-50-81(87)97-82-51-49-72(99-85-46-30-27-43-75(85)80-53-67(47-52-86(80)99)62-31-15-10-16-32-62)61-88(82)101(90-59-70(96(7,8)9)58-89(100)91(90)97)93-78(65-37-21-13-22-38-65)56-69(95(4,5)6)57-79(93)66-39-23-14-24-40-66/h10-61H,1-9H3/i25D,26D,27D,28D,29D,30D,41D,42D,43D,44D,45D,46D,47D,52D,53D. The lowest BCUT2D eigenvalue weighted by Gasteiger charge is -2.47. The third kappa shape index (κ3) is 10.2. The highest BCUT2D eigenvalue weighted by atomic mass is 15.2. The van der Waals surface area contributed by atoms with Crippen molar-refractivity contribution < 1.29 is 20.6 Å². The van der Waals surface area contributed by atoms with Crippen LogP contribution in [0.25, 0.3) is 111 Å². The van der Waals surface area contributed by atoms with Gasteiger partial charge < -0.3 is 18.9 Å². The molecule has 486 valence electrons. The Morgan fingerprint density at radius 3 is 0.960 bits per heavy atom. The zero-order valence-corrected chi connectivity index (χ0v) is 57.7. The Bertz CT molecular complexity index is 6670. The van der Waals surface area contributed by atoms with E-state index in [9.17, 15) is 17.8 Å². The van der Waals surface area contributed by atoms with Crippen LogP contribution in [0.4, 0.5) is 34.1 Å². The second kappa shape index (κ2) is 23.5. The number of fused-ring (bicyclic) bond motifs is 10. The maximum atomic E-state index is 10.3. The maximum absolute atomic E-state index is 10.3. The molecule has 0 spiro atoms. The van der Waals surface area contributed by atoms with Gasteiger partial charge >= 0.3 is 0 Å². The van der Waals surface area contributed by atoms with Crippen LogP contribution < -0.4 is 26.2 Å². The lowest BCUT2D eigenvalue weighted by molar-refractivity contribution is 0.590. The minimum absolute atomic E-state index is 0.0222. The topological polar surface area (TPSA) is 16.3 Å². The molecule has 14 aromatic carbocycles. The zero-order chi connectivity index (χ0) is 81.7. The summed E-state index contributed by atoms with van der Waals surface area (Å²) in [5.74, 6) is 0. The molecule has 16 aromatic rings. The fourth-order valence-electron chi connectivity index (χ4n) is 15.3. The van der Waals surface area contributed by atoms with Crippen molar-refractivity contribution >= 4 is 101 Å². The van der Waals surface area contributed by atoms with Crippen LogP contribution in [0.15, 0.2) is 315 Å². The van der Waals surface area contributed by atoms with E-state index in [-0.39, 0.29) is 67.3 Å². The smallest absolute Gasteiger partial charge is 0.252 e. The Hall–Kier alpha value is -11.7. The van der Waals surface area contributed by atoms with Crippen molar-refractivity contribution in [1.82, 2.24) is 9.13 Å². The molecule has 5 heteroatoms. The Morgan fingerprint density at radius 1 is 0.287 bits per heavy atom. The first kappa shape index (κ1) is 47.4. The molecular weight excluding hydrogens is 1220 g/mol. The van der Waals surface area contributed by atoms with Gasteiger partial charge in [-0.2, -0.15) is 0 Å². The summed E-state index contributed by atoms with van der Waals surface area (Å²) in [6.07, 6.45) is 0. The molecule has 0 N–H and O–H groups in total. The minimum atomic E-state index is -0.735. The van der Waals surface area contributed by atoms with Crippen molar-refractivity contribution in [3.63, 3.8) is 0 Å². The van der Waals surface area contributed by atoms with Crippen molar-refractivity contribution in [2.45, 2.75) is 78.6 Å². The van der Waals surface area contributed by atoms with Gasteiger partial charge in [-0.15, -0.1) is 0 Å². The van der Waals surface area contributed by atoms with E-state index < -0.39 is 95.5 Å². The molecule has 0 amide bonds. The van der Waals surface area contributed by atoms with Gasteiger partial charge in [0.25, 0.3) is 6.71 Å². The van der Waals surface area contributed by atoms with E-state index in [1.807, 2.05) is 109 Å². The van der Waals surface area contributed by atoms with E-state index in [0.29, 0.717) is 28.3 Å². The molecule has 2 aromatic heterocycles. The average molecular weight is 1310 g/mol. The van der Waals surface area contributed by atoms with Gasteiger partial charge in [0.15, 0.2) is 0 Å². The molecule has 0 saturated heterocycles. The molecule has 101 heavy (non-hydrogen) atoms. The fourth-order valence-corrected chi connectivity index (χ4v) is 15.3. The van der Waals surface area contributed by atoms with Crippen LogP contribution in [0.1, 0.15) is 99.6 Å². The van der Waals surface area contributed by atoms with Crippen LogP contribution in [0, 0.1) is 0 Å². The number of hydrogen-bond donors (Lipinski definition) is 0. The SMILES string of the molecule is [2H]c1c([2H])c([2H])c2c(c1[2H])c1c([2H])c([2H])c([2H])c([2H])c1n2-c1ccc2c(c1)N(c1c(-c3ccccc3)cc(C(C)(C)C)cc1-c1ccccc1)c1cc(C(C)(C)C)cc3c1B2c1ccc(-n2c4c([2H])c([2H])c([2H])c([2H])c4c4c([2H])c(-c5ccccc5)c([2H])c([2H])c42)cc1N3c1c(-c2ccccc2)cc(C(C)(C)C)cc1-c1ccccc1. The van der Waals surface area contributed by atoms with Crippen molar-refractivity contribution in [2.75, 3.05) is 9.80 Å². The highest BCUT2D eigenvalue weighted by Gasteiger charge is 2.47. The first-order valence-electron chi connectivity index (χ1n) is 42.0. The average Bonchev–Trinajstić information content (AvgIpc) is 0.714. The second-order valence-corrected chi connectivity index (χ2v) is 29.8. The molecule has 18 rings (SSSR count). The summed E-state index contributed by atoms with van der Waals surface area (Å²) in [5, 5.41) is 0.00383. The lowest BCUT2D eigenvalue weighted by atomic mass is 9.33. The number of rotatable bonds is 9. The maximum Gasteiger partial charge on any atom is 0.252 e. The van der Waals surface area contributed by atoms with Crippen molar-refractivity contribution in [2.24, 2.45) is 0 Å². The molecule has 0 atom stereocenters. The van der Waals surface area contributed by atoms with Gasteiger partial charge in [-0.25, -0.2) is 0 Å². The van der Waals surface area contributed by atoms with E-state index >= 15 is 0 Å². The van der Waals surface area contributed by atoms with Gasteiger partial charge in [0.05, 0.1) is 54.0 Å². The van der Waals surface area contributed by atoms with Crippen LogP contribution >= 0.6 is 0 Å². The molecule has 4 nitrogen and oxygen atoms in total. The number of hydrogen-bond acceptors (Lipinski definition) is 2. The van der Waals surface area contributed by atoms with E-state index in [2.05, 4.69) is 163 Å². The highest BCUT2D eigenvalue weighted by Crippen LogP contribution is 2.56. The van der Waals surface area contributed by atoms with Gasteiger partial charge in [0, 0.05) is 77.9 Å². The van der Waals surface area contributed by atoms with Gasteiger partial charge in [0.2, 0.25) is 0 Å². The zero-order valence-electron chi connectivity index (χ0n) is 72.7. The predicted octanol–water partition coefficient (Wildman–Crippen LogP) is 24.2. The Morgan fingerprint density at radius 2 is 0.604 bits per heavy atom. The summed E-state index contributed by atoms with van der Waals surface area (Å²) >= 11 is 0. The van der Waals surface area contributed by atoms with E-state index in [0.717, 1.165) is 100 Å². The monoisotopic (exact) mass is 1310 g/mol. The summed E-state index contributed by atoms with van der Waals surface area (Å²) in [6.45, 7) is 19.1. The lowest BCUT2D eigenvalue weighted by Crippen LogP contribution is -2.61. The van der Waals surface area contributed by atoms with Crippen molar-refractivity contribution in [3.05, 3.63) is 332 Å². The molecule has 0 saturated carbocycles. The molecule has 2 aliphatic heterocycles. The first-order valence-corrected chi connectivity index (χ1v) is 34.5. The van der Waals surface area contributed by atoms with Gasteiger partial charge in [-0.3, -0.25) is 0 Å². The van der Waals surface area contributed by atoms with Gasteiger partial charge in [0.1, 0.15) is 0 Å². The number of aromatic nitrogens is 2. The first-order chi connectivity index (χ1) is 55.3. The summed E-state index contributed by atoms with van der Waals surface area (Å²) in [6, 6.07) is 69.5. The molecule has 0 bridgehead atoms. The minimum Gasteiger partial charge on any atom is -0.310 e. The van der Waals surface area contributed by atoms with E-state index in [4.69, 9.17) is 2.74 Å². The van der Waals surface area contributed by atoms with E-state index in [1.54, 1.807) is 33.4 Å². The molecular formula is C96H79BN4. The van der Waals surface area contributed by atoms with Crippen molar-refractivity contribution in [1.29, 1.82) is 0 Å². The van der Waals surface area contributed by atoms with Gasteiger partial charge in [-0.05, 0) is 174 Å². The van der Waals surface area contributed by atoms with Crippen LogP contribution in [0.2, 0.25) is 0 Å². The Kier molecular flexibility index (Phi) is 11.0. The fraction of sp³-hybridized carbons (Fsp3) is 0.125. The quantitative estimate of drug-likeness (QED) is 0.134. The van der Waals surface area contributed by atoms with Crippen LogP contribution in [0.3, 0.4) is 0 Å². The van der Waals surface area contributed by atoms with E-state index in [1.165, 1.54) is 0 Å². The largest absolute Gasteiger partial charge is 0.310 e. The molecule has 0 unspecified atom stereocenters. The summed E-state index contributed by atoms with van der Waals surface area (Å²) < 4.78 is 148. The Balaban J connectivity index is 1.07. The summed E-state index contributed by atoms with van der Waals surface area (Å²) in [5.41, 5.74) is 17.0. The molecule has 0 radical (unpaired) electrons. The van der Waals surface area contributed by atoms with Gasteiger partial charge in [-0.1, -0.05) is 287 Å². The third-order valence-corrected chi connectivity index (χ3v) is 20.4. The second-order valence-electron chi connectivity index (χ2n) is 29.8. The summed E-state index contributed by atoms with van der Waals surface area (Å²) in [4.78, 5) is 4.73. The van der Waals surface area contributed by atoms with Crippen molar-refractivity contribution in [3.8, 4) is 67.0 Å². The van der Waals surface area contributed by atoms with Crippen LogP contribution in [-0.4, -0.2) is 15.8 Å². The number of nitrogens with zero attached hydrogens (tertiary/aromatic N) is 4. The summed E-state index contributed by atoms with van der Waals surface area (Å²) in [7, 11) is 0. The molecule has 0 aliphatic carbocycles. The Labute approximate surface area is 614 Å². The van der Waals surface area contributed by atoms with Crippen LogP contribution in [-0.2, 0) is 16.2 Å². The normalized spacial score (nSPS) is 15.0. The highest BCUT2D eigenvalue weighted by molar-refractivity contribution is 7.00. The molecule has 2 aliphatic rings. The predicted molar refractivity (Wildman–Crippen MR) is 432 cm³/mol. The molecule has 0 fully saturated rings. The molecule has 4 heterocycles. The number of anilines is 6. The number of para-hydroxylation sites is 3. The third-order valence-electron chi connectivity index (χ3n) is 20.4.